The van der Waals surface area contributed by atoms with E-state index in [1.165, 1.54) is 10.4 Å². The van der Waals surface area contributed by atoms with Crippen molar-refractivity contribution in [2.45, 2.75) is 57.4 Å². The molecule has 1 N–H and O–H groups in total. The van der Waals surface area contributed by atoms with Crippen molar-refractivity contribution in [2.75, 3.05) is 13.1 Å². The molecule has 0 spiro atoms. The first-order valence-electron chi connectivity index (χ1n) is 8.82. The van der Waals surface area contributed by atoms with Crippen molar-refractivity contribution >= 4 is 31.9 Å². The molecule has 1 amide bonds. The highest BCUT2D eigenvalue weighted by atomic mass is 79.9. The van der Waals surface area contributed by atoms with Crippen LogP contribution in [0.25, 0.3) is 0 Å². The van der Waals surface area contributed by atoms with Crippen LogP contribution in [0.15, 0.2) is 27.6 Å². The molecule has 0 bridgehead atoms. The lowest BCUT2D eigenvalue weighted by Crippen LogP contribution is -2.33. The number of halogens is 1. The van der Waals surface area contributed by atoms with Gasteiger partial charge in [0.15, 0.2) is 0 Å². The van der Waals surface area contributed by atoms with Crippen LogP contribution in [0, 0.1) is 5.92 Å². The molecular formula is C18H27BrN2O3S. The van der Waals surface area contributed by atoms with Crippen LogP contribution < -0.4 is 5.32 Å². The zero-order chi connectivity index (χ0) is 18.6. The Morgan fingerprint density at radius 1 is 1.20 bits per heavy atom. The predicted octanol–water partition coefficient (Wildman–Crippen LogP) is 3.79. The van der Waals surface area contributed by atoms with E-state index in [1.54, 1.807) is 12.1 Å². The Morgan fingerprint density at radius 3 is 2.44 bits per heavy atom. The van der Waals surface area contributed by atoms with Crippen LogP contribution in [0.5, 0.6) is 0 Å². The van der Waals surface area contributed by atoms with E-state index in [4.69, 9.17) is 0 Å². The highest BCUT2D eigenvalue weighted by Crippen LogP contribution is 2.25. The lowest BCUT2D eigenvalue weighted by molar-refractivity contribution is 0.0936. The summed E-state index contributed by atoms with van der Waals surface area (Å²) in [7, 11) is -3.53. The molecule has 1 fully saturated rings. The van der Waals surface area contributed by atoms with Crippen molar-refractivity contribution in [1.29, 1.82) is 0 Å². The first kappa shape index (κ1) is 20.4. The zero-order valence-electron chi connectivity index (χ0n) is 15.1. The highest BCUT2D eigenvalue weighted by molar-refractivity contribution is 9.10. The van der Waals surface area contributed by atoms with Crippen molar-refractivity contribution in [3.05, 3.63) is 28.2 Å². The van der Waals surface area contributed by atoms with Gasteiger partial charge in [-0.1, -0.05) is 13.8 Å². The molecule has 1 aliphatic heterocycles. The number of rotatable bonds is 7. The number of nitrogens with one attached hydrogen (secondary N) is 1. The number of benzene rings is 1. The Labute approximate surface area is 159 Å². The second-order valence-corrected chi connectivity index (χ2v) is 9.89. The smallest absolute Gasteiger partial charge is 0.252 e. The Hall–Kier alpha value is -0.920. The quantitative estimate of drug-likeness (QED) is 0.715. The van der Waals surface area contributed by atoms with Crippen LogP contribution in [0.4, 0.5) is 0 Å². The normalized spacial score (nSPS) is 17.0. The average molecular weight is 431 g/mol. The molecule has 25 heavy (non-hydrogen) atoms. The third kappa shape index (κ3) is 5.28. The molecule has 5 nitrogen and oxygen atoms in total. The van der Waals surface area contributed by atoms with Gasteiger partial charge in [-0.2, -0.15) is 4.31 Å². The minimum atomic E-state index is -3.53. The van der Waals surface area contributed by atoms with E-state index in [2.05, 4.69) is 35.1 Å². The summed E-state index contributed by atoms with van der Waals surface area (Å²) >= 11 is 3.36. The largest absolute Gasteiger partial charge is 0.350 e. The molecule has 1 atom stereocenters. The van der Waals surface area contributed by atoms with Crippen LogP contribution in [-0.2, 0) is 10.0 Å². The molecule has 7 heteroatoms. The molecule has 1 aromatic carbocycles. The van der Waals surface area contributed by atoms with E-state index in [1.807, 2.05) is 6.92 Å². The molecule has 0 saturated carbocycles. The van der Waals surface area contributed by atoms with E-state index < -0.39 is 10.0 Å². The molecule has 2 rings (SSSR count). The maximum atomic E-state index is 12.7. The third-order valence-electron chi connectivity index (χ3n) is 4.44. The monoisotopic (exact) mass is 430 g/mol. The molecule has 0 aromatic heterocycles. The summed E-state index contributed by atoms with van der Waals surface area (Å²) in [5, 5.41) is 2.96. The van der Waals surface area contributed by atoms with Gasteiger partial charge in [-0.15, -0.1) is 0 Å². The average Bonchev–Trinajstić information content (AvgIpc) is 3.08. The fraction of sp³-hybridized carbons (Fsp3) is 0.611. The maximum Gasteiger partial charge on any atom is 0.252 e. The van der Waals surface area contributed by atoms with Crippen molar-refractivity contribution in [3.8, 4) is 0 Å². The number of hydrogen-bond donors (Lipinski definition) is 1. The summed E-state index contributed by atoms with van der Waals surface area (Å²) in [6.07, 6.45) is 3.70. The molecule has 0 unspecified atom stereocenters. The summed E-state index contributed by atoms with van der Waals surface area (Å²) in [6, 6.07) is 4.70. The molecule has 1 heterocycles. The molecule has 1 aromatic rings. The summed E-state index contributed by atoms with van der Waals surface area (Å²) in [5.41, 5.74) is 0.358. The first-order chi connectivity index (χ1) is 11.7. The van der Waals surface area contributed by atoms with Crippen molar-refractivity contribution < 1.29 is 13.2 Å². The van der Waals surface area contributed by atoms with Gasteiger partial charge in [0.05, 0.1) is 10.5 Å². The molecule has 1 saturated heterocycles. The lowest BCUT2D eigenvalue weighted by Gasteiger charge is -2.18. The number of carbonyl (C=O) groups excluding carboxylic acids is 1. The number of carbonyl (C=O) groups is 1. The van der Waals surface area contributed by atoms with Gasteiger partial charge in [-0.05, 0) is 72.7 Å². The topological polar surface area (TPSA) is 66.5 Å². The summed E-state index contributed by atoms with van der Waals surface area (Å²) in [5.74, 6) is 0.335. The number of sulfonamides is 1. The van der Waals surface area contributed by atoms with Gasteiger partial charge in [0.1, 0.15) is 0 Å². The molecule has 140 valence electrons. The Kier molecular flexibility index (Phi) is 7.05. The molecule has 0 radical (unpaired) electrons. The third-order valence-corrected chi connectivity index (χ3v) is 7.03. The van der Waals surface area contributed by atoms with Crippen LogP contribution in [0.3, 0.4) is 0 Å². The molecule has 1 aliphatic rings. The summed E-state index contributed by atoms with van der Waals surface area (Å²) < 4.78 is 27.5. The van der Waals surface area contributed by atoms with Crippen LogP contribution in [0.2, 0.25) is 0 Å². The molecule has 0 aliphatic carbocycles. The fourth-order valence-corrected chi connectivity index (χ4v) is 4.84. The highest BCUT2D eigenvalue weighted by Gasteiger charge is 2.28. The van der Waals surface area contributed by atoms with Crippen LogP contribution >= 0.6 is 15.9 Å². The van der Waals surface area contributed by atoms with Crippen LogP contribution in [-0.4, -0.2) is 37.8 Å². The van der Waals surface area contributed by atoms with Gasteiger partial charge in [-0.3, -0.25) is 4.79 Å². The van der Waals surface area contributed by atoms with Gasteiger partial charge in [0, 0.05) is 23.6 Å². The summed E-state index contributed by atoms with van der Waals surface area (Å²) in [6.45, 7) is 7.37. The maximum absolute atomic E-state index is 12.7. The molecular weight excluding hydrogens is 404 g/mol. The minimum Gasteiger partial charge on any atom is -0.350 e. The zero-order valence-corrected chi connectivity index (χ0v) is 17.5. The van der Waals surface area contributed by atoms with Gasteiger partial charge >= 0.3 is 0 Å². The van der Waals surface area contributed by atoms with E-state index in [0.717, 1.165) is 25.7 Å². The second-order valence-electron chi connectivity index (χ2n) is 7.10. The van der Waals surface area contributed by atoms with Crippen molar-refractivity contribution in [2.24, 2.45) is 5.92 Å². The SMILES string of the molecule is CC(C)CC[C@H](C)NC(=O)c1cc(S(=O)(=O)N2CCCC2)ccc1Br. The van der Waals surface area contributed by atoms with Gasteiger partial charge in [0.25, 0.3) is 5.91 Å². The number of amides is 1. The van der Waals surface area contributed by atoms with Gasteiger partial charge < -0.3 is 5.32 Å². The summed E-state index contributed by atoms with van der Waals surface area (Å²) in [4.78, 5) is 12.7. The fourth-order valence-electron chi connectivity index (χ4n) is 2.87. The number of hydrogen-bond acceptors (Lipinski definition) is 3. The first-order valence-corrected chi connectivity index (χ1v) is 11.1. The number of nitrogens with zero attached hydrogens (tertiary/aromatic N) is 1. The Bertz CT molecular complexity index is 713. The van der Waals surface area contributed by atoms with Crippen molar-refractivity contribution in [3.63, 3.8) is 0 Å². The van der Waals surface area contributed by atoms with E-state index >= 15 is 0 Å². The minimum absolute atomic E-state index is 0.0423. The Morgan fingerprint density at radius 2 is 1.84 bits per heavy atom. The van der Waals surface area contributed by atoms with Crippen molar-refractivity contribution in [1.82, 2.24) is 9.62 Å². The lowest BCUT2D eigenvalue weighted by atomic mass is 10.0. The van der Waals surface area contributed by atoms with Crippen LogP contribution in [0.1, 0.15) is 56.8 Å². The van der Waals surface area contributed by atoms with E-state index in [9.17, 15) is 13.2 Å². The second kappa shape index (κ2) is 8.64. The predicted molar refractivity (Wildman–Crippen MR) is 103 cm³/mol. The van der Waals surface area contributed by atoms with E-state index in [0.29, 0.717) is 29.0 Å². The van der Waals surface area contributed by atoms with Gasteiger partial charge in [0.2, 0.25) is 10.0 Å². The van der Waals surface area contributed by atoms with E-state index in [-0.39, 0.29) is 16.8 Å². The van der Waals surface area contributed by atoms with Gasteiger partial charge in [-0.25, -0.2) is 8.42 Å². The standard InChI is InChI=1S/C18H27BrN2O3S/c1-13(2)6-7-14(3)20-18(22)16-12-15(8-9-17(16)19)25(23,24)21-10-4-5-11-21/h8-9,12-14H,4-7,10-11H2,1-3H3,(H,20,22)/t14-/m0/s1. The Balaban J connectivity index is 2.17.